The minimum absolute atomic E-state index is 0.379. The Bertz CT molecular complexity index is 1320. The van der Waals surface area contributed by atoms with E-state index in [0.717, 1.165) is 27.9 Å². The molecule has 0 aliphatic carbocycles. The molecule has 2 aromatic carbocycles. The molecule has 0 fully saturated rings. The van der Waals surface area contributed by atoms with Gasteiger partial charge in [-0.05, 0) is 48.0 Å². The van der Waals surface area contributed by atoms with E-state index >= 15 is 0 Å². The van der Waals surface area contributed by atoms with Crippen molar-refractivity contribution in [2.24, 2.45) is 5.10 Å². The molecule has 0 radical (unpaired) electrons. The number of amides is 1. The number of ether oxygens (including phenoxy) is 2. The van der Waals surface area contributed by atoms with Crippen LogP contribution >= 0.6 is 0 Å². The molecule has 4 aromatic rings. The third-order valence-electron chi connectivity index (χ3n) is 5.60. The highest BCUT2D eigenvalue weighted by Gasteiger charge is 2.35. The number of furan rings is 1. The fourth-order valence-corrected chi connectivity index (χ4v) is 3.91. The summed E-state index contributed by atoms with van der Waals surface area (Å²) in [5.41, 5.74) is 2.81. The van der Waals surface area contributed by atoms with Gasteiger partial charge in [0.25, 0.3) is 5.91 Å². The molecule has 1 amide bonds. The van der Waals surface area contributed by atoms with E-state index in [1.165, 1.54) is 5.01 Å². The third-order valence-corrected chi connectivity index (χ3v) is 5.60. The Balaban J connectivity index is 1.34. The molecule has 1 atom stereocenters. The van der Waals surface area contributed by atoms with Crippen LogP contribution in [-0.4, -0.2) is 41.3 Å². The van der Waals surface area contributed by atoms with Crippen LogP contribution in [-0.2, 0) is 9.53 Å². The minimum atomic E-state index is -0.575. The van der Waals surface area contributed by atoms with Crippen molar-refractivity contribution in [3.8, 4) is 5.75 Å². The Hall–Kier alpha value is -4.33. The summed E-state index contributed by atoms with van der Waals surface area (Å²) in [6.45, 7) is -0.436. The topological polar surface area (TPSA) is 97.1 Å². The van der Waals surface area contributed by atoms with E-state index < -0.39 is 24.5 Å². The van der Waals surface area contributed by atoms with Crippen molar-refractivity contribution in [3.63, 3.8) is 0 Å². The Kier molecular flexibility index (Phi) is 5.40. The van der Waals surface area contributed by atoms with Crippen molar-refractivity contribution in [1.82, 2.24) is 9.99 Å². The molecule has 8 heteroatoms. The molecule has 2 aromatic heterocycles. The van der Waals surface area contributed by atoms with Gasteiger partial charge in [0.05, 0.1) is 24.6 Å². The summed E-state index contributed by atoms with van der Waals surface area (Å²) in [5.74, 6) is 0.331. The number of hydrogen-bond acceptors (Lipinski definition) is 6. The van der Waals surface area contributed by atoms with Gasteiger partial charge >= 0.3 is 5.97 Å². The van der Waals surface area contributed by atoms with Crippen LogP contribution in [0.5, 0.6) is 5.75 Å². The number of aromatic nitrogens is 1. The number of benzene rings is 2. The molecule has 0 spiro atoms. The van der Waals surface area contributed by atoms with Crippen molar-refractivity contribution in [2.75, 3.05) is 13.7 Å². The monoisotopic (exact) mass is 443 g/mol. The quantitative estimate of drug-likeness (QED) is 0.448. The standard InChI is InChI=1S/C25H21N3O5/c1-31-17-10-8-16(9-11-17)21-13-22(23-7-4-12-32-23)28(27-21)24(29)15-33-25(30)19-14-26-20-6-3-2-5-18(19)20/h2-12,14,22,26H,13,15H2,1H3. The molecule has 5 rings (SSSR count). The van der Waals surface area contributed by atoms with Crippen LogP contribution in [0.3, 0.4) is 0 Å². The summed E-state index contributed by atoms with van der Waals surface area (Å²) in [5, 5.41) is 6.62. The highest BCUT2D eigenvalue weighted by molar-refractivity contribution is 6.05. The highest BCUT2D eigenvalue weighted by atomic mass is 16.5. The number of para-hydroxylation sites is 1. The van der Waals surface area contributed by atoms with Crippen molar-refractivity contribution in [3.05, 3.63) is 90.0 Å². The Morgan fingerprint density at radius 1 is 1.12 bits per heavy atom. The van der Waals surface area contributed by atoms with Gasteiger partial charge in [0.1, 0.15) is 17.6 Å². The van der Waals surface area contributed by atoms with Gasteiger partial charge in [-0.3, -0.25) is 4.79 Å². The molecule has 0 saturated heterocycles. The fourth-order valence-electron chi connectivity index (χ4n) is 3.91. The lowest BCUT2D eigenvalue weighted by atomic mass is 10.0. The van der Waals surface area contributed by atoms with Gasteiger partial charge < -0.3 is 18.9 Å². The largest absolute Gasteiger partial charge is 0.497 e. The van der Waals surface area contributed by atoms with E-state index in [4.69, 9.17) is 13.9 Å². The first-order valence-electron chi connectivity index (χ1n) is 10.4. The molecule has 1 aliphatic rings. The molecule has 0 bridgehead atoms. The number of hydrogen-bond donors (Lipinski definition) is 1. The zero-order chi connectivity index (χ0) is 22.8. The predicted octanol–water partition coefficient (Wildman–Crippen LogP) is 4.30. The van der Waals surface area contributed by atoms with Crippen molar-refractivity contribution in [1.29, 1.82) is 0 Å². The highest BCUT2D eigenvalue weighted by Crippen LogP contribution is 2.33. The molecule has 8 nitrogen and oxygen atoms in total. The van der Waals surface area contributed by atoms with Gasteiger partial charge in [0, 0.05) is 23.5 Å². The number of rotatable bonds is 6. The second-order valence-corrected chi connectivity index (χ2v) is 7.57. The summed E-state index contributed by atoms with van der Waals surface area (Å²) in [7, 11) is 1.60. The summed E-state index contributed by atoms with van der Waals surface area (Å²) in [4.78, 5) is 28.7. The Morgan fingerprint density at radius 3 is 2.70 bits per heavy atom. The van der Waals surface area contributed by atoms with E-state index in [2.05, 4.69) is 10.1 Å². The lowest BCUT2D eigenvalue weighted by molar-refractivity contribution is -0.136. The van der Waals surface area contributed by atoms with Gasteiger partial charge in [0.2, 0.25) is 0 Å². The molecule has 1 aliphatic heterocycles. The van der Waals surface area contributed by atoms with Gasteiger partial charge in [0.15, 0.2) is 6.61 Å². The number of hydrazone groups is 1. The summed E-state index contributed by atoms with van der Waals surface area (Å²) < 4.78 is 16.1. The summed E-state index contributed by atoms with van der Waals surface area (Å²) in [6.07, 6.45) is 3.61. The van der Waals surface area contributed by atoms with Crippen LogP contribution < -0.4 is 4.74 Å². The third kappa shape index (κ3) is 3.98. The number of fused-ring (bicyclic) bond motifs is 1. The number of methoxy groups -OCH3 is 1. The molecular weight excluding hydrogens is 422 g/mol. The molecule has 166 valence electrons. The lowest BCUT2D eigenvalue weighted by Crippen LogP contribution is -2.31. The number of H-pyrrole nitrogens is 1. The van der Waals surface area contributed by atoms with Gasteiger partial charge in [-0.15, -0.1) is 0 Å². The maximum Gasteiger partial charge on any atom is 0.340 e. The van der Waals surface area contributed by atoms with Crippen LogP contribution in [0, 0.1) is 0 Å². The number of carbonyl (C=O) groups excluding carboxylic acids is 2. The normalized spacial score (nSPS) is 15.5. The maximum atomic E-state index is 13.0. The summed E-state index contributed by atoms with van der Waals surface area (Å²) >= 11 is 0. The zero-order valence-corrected chi connectivity index (χ0v) is 17.9. The van der Waals surface area contributed by atoms with Crippen LogP contribution in [0.2, 0.25) is 0 Å². The second kappa shape index (κ2) is 8.66. The van der Waals surface area contributed by atoms with Gasteiger partial charge in [-0.1, -0.05) is 18.2 Å². The van der Waals surface area contributed by atoms with E-state index in [0.29, 0.717) is 17.7 Å². The SMILES string of the molecule is COc1ccc(C2=NN(C(=O)COC(=O)c3c[nH]c4ccccc34)C(c3ccco3)C2)cc1. The van der Waals surface area contributed by atoms with Gasteiger partial charge in [-0.25, -0.2) is 9.80 Å². The second-order valence-electron chi connectivity index (χ2n) is 7.57. The number of aromatic amines is 1. The predicted molar refractivity (Wildman–Crippen MR) is 121 cm³/mol. The fraction of sp³-hybridized carbons (Fsp3) is 0.160. The van der Waals surface area contributed by atoms with Crippen LogP contribution in [0.4, 0.5) is 0 Å². The van der Waals surface area contributed by atoms with Crippen molar-refractivity contribution < 1.29 is 23.5 Å². The lowest BCUT2D eigenvalue weighted by Gasteiger charge is -2.19. The first-order valence-corrected chi connectivity index (χ1v) is 10.4. The van der Waals surface area contributed by atoms with E-state index in [9.17, 15) is 9.59 Å². The average Bonchev–Trinajstić information content (AvgIpc) is 3.61. The van der Waals surface area contributed by atoms with Crippen molar-refractivity contribution in [2.45, 2.75) is 12.5 Å². The van der Waals surface area contributed by atoms with E-state index in [-0.39, 0.29) is 0 Å². The number of nitrogens with one attached hydrogen (secondary N) is 1. The molecule has 0 saturated carbocycles. The average molecular weight is 443 g/mol. The summed E-state index contributed by atoms with van der Waals surface area (Å²) in [6, 6.07) is 18.0. The molecule has 3 heterocycles. The van der Waals surface area contributed by atoms with E-state index in [1.807, 2.05) is 48.5 Å². The van der Waals surface area contributed by atoms with Crippen LogP contribution in [0.15, 0.2) is 82.6 Å². The molecule has 1 unspecified atom stereocenters. The van der Waals surface area contributed by atoms with E-state index in [1.54, 1.807) is 31.7 Å². The number of esters is 1. The number of nitrogens with zero attached hydrogens (tertiary/aromatic N) is 2. The van der Waals surface area contributed by atoms with Crippen LogP contribution in [0.1, 0.15) is 34.1 Å². The van der Waals surface area contributed by atoms with Crippen LogP contribution in [0.25, 0.3) is 10.9 Å². The molecule has 33 heavy (non-hydrogen) atoms. The smallest absolute Gasteiger partial charge is 0.340 e. The minimum Gasteiger partial charge on any atom is -0.497 e. The Labute approximate surface area is 189 Å². The van der Waals surface area contributed by atoms with Crippen molar-refractivity contribution >= 4 is 28.5 Å². The first-order chi connectivity index (χ1) is 16.1. The zero-order valence-electron chi connectivity index (χ0n) is 17.9. The maximum absolute atomic E-state index is 13.0. The Morgan fingerprint density at radius 2 is 1.94 bits per heavy atom. The van der Waals surface area contributed by atoms with Gasteiger partial charge in [-0.2, -0.15) is 5.10 Å². The number of carbonyl (C=O) groups is 2. The molecule has 1 N–H and O–H groups in total. The molecular formula is C25H21N3O5. The first kappa shape index (κ1) is 20.6.